The number of hydrogen-bond acceptors (Lipinski definition) is 4. The van der Waals surface area contributed by atoms with Crippen LogP contribution in [0.4, 0.5) is 62.6 Å². The van der Waals surface area contributed by atoms with Gasteiger partial charge in [-0.1, -0.05) is 206 Å². The Balaban J connectivity index is 1.08. The molecule has 0 N–H and O–H groups in total. The van der Waals surface area contributed by atoms with Crippen molar-refractivity contribution in [3.05, 3.63) is 243 Å². The molecule has 0 saturated heterocycles. The topological polar surface area (TPSA) is 17.9 Å². The van der Waals surface area contributed by atoms with Crippen molar-refractivity contribution in [2.45, 2.75) is 197 Å². The summed E-state index contributed by atoms with van der Waals surface area (Å²) in [6, 6.07) is 71.6. The number of hydrogen-bond donors (Lipinski definition) is 0. The normalized spacial score (nSPS) is 17.6. The maximum Gasteiger partial charge on any atom is 0.252 e. The second kappa shape index (κ2) is 21.9. The monoisotopic (exact) mass is 1260 g/mol. The number of rotatable bonds is 7. The number of nitrogens with zero attached hydrogens (tertiary/aromatic N) is 5. The van der Waals surface area contributed by atoms with Gasteiger partial charge in [0, 0.05) is 67.4 Å². The molecule has 2 atom stereocenters. The second-order valence-electron chi connectivity index (χ2n) is 33.8. The molecule has 0 bridgehead atoms. The zero-order valence-electron chi connectivity index (χ0n) is 61.0. The van der Waals surface area contributed by atoms with E-state index >= 15 is 0 Å². The summed E-state index contributed by atoms with van der Waals surface area (Å²) in [4.78, 5) is 10.9. The Hall–Kier alpha value is -8.74. The van der Waals surface area contributed by atoms with Gasteiger partial charge >= 0.3 is 0 Å². The van der Waals surface area contributed by atoms with E-state index in [1.54, 1.807) is 0 Å². The minimum absolute atomic E-state index is 0.0227. The summed E-state index contributed by atoms with van der Waals surface area (Å²) in [7, 11) is 0. The molecule has 10 aromatic carbocycles. The molecule has 486 valence electrons. The first-order valence-corrected chi connectivity index (χ1v) is 35.6. The molecule has 1 fully saturated rings. The third kappa shape index (κ3) is 9.67. The molecule has 1 saturated carbocycles. The highest BCUT2D eigenvalue weighted by Crippen LogP contribution is 2.62. The Morgan fingerprint density at radius 3 is 1.38 bits per heavy atom. The SMILES string of the molecule is Cc1cc(C(C)(C)C)cc(C)c1N(c1ccc2c(c1)N(c1c(C)cc(C(C)(C)C)cc1C)c1cc(C(C)(C)C)cc3c1B2c1cc2c(cc1N3c1c(C)cc(C(C)(C)C)cc1C)C1(C)CCCCC1(C)N2c1ccccc1)c1ccc2c3ccccc3n(-c3ccccc3)c2c1. The maximum absolute atomic E-state index is 2.80. The van der Waals surface area contributed by atoms with Crippen molar-refractivity contribution < 1.29 is 0 Å². The molecule has 15 rings (SSSR count). The Morgan fingerprint density at radius 2 is 0.833 bits per heavy atom. The van der Waals surface area contributed by atoms with Crippen LogP contribution < -0.4 is 36.0 Å². The Morgan fingerprint density at radius 1 is 0.385 bits per heavy atom. The van der Waals surface area contributed by atoms with Crippen molar-refractivity contribution >= 4 is 107 Å². The maximum atomic E-state index is 2.80. The Bertz CT molecular complexity index is 4930. The lowest BCUT2D eigenvalue weighted by Gasteiger charge is -2.50. The summed E-state index contributed by atoms with van der Waals surface area (Å²) >= 11 is 0. The fourth-order valence-electron chi connectivity index (χ4n) is 17.8. The molecule has 5 nitrogen and oxygen atoms in total. The fourth-order valence-corrected chi connectivity index (χ4v) is 17.8. The first-order chi connectivity index (χ1) is 45.4. The van der Waals surface area contributed by atoms with Crippen LogP contribution >= 0.6 is 0 Å². The highest BCUT2D eigenvalue weighted by Gasteiger charge is 2.59. The van der Waals surface area contributed by atoms with Gasteiger partial charge in [0.1, 0.15) is 0 Å². The molecule has 6 heteroatoms. The smallest absolute Gasteiger partial charge is 0.252 e. The van der Waals surface area contributed by atoms with E-state index in [1.807, 2.05) is 0 Å². The lowest BCUT2D eigenvalue weighted by atomic mass is 9.33. The van der Waals surface area contributed by atoms with Crippen LogP contribution in [0.3, 0.4) is 0 Å². The molecule has 1 aromatic heterocycles. The van der Waals surface area contributed by atoms with Crippen LogP contribution in [0.2, 0.25) is 0 Å². The quantitative estimate of drug-likeness (QED) is 0.148. The fraction of sp³-hybridized carbons (Fsp3) is 0.333. The molecule has 11 aromatic rings. The van der Waals surface area contributed by atoms with Crippen molar-refractivity contribution in [2.24, 2.45) is 0 Å². The lowest BCUT2D eigenvalue weighted by Crippen LogP contribution is -2.61. The number of benzene rings is 10. The molecular weight excluding hydrogens is 1160 g/mol. The minimum Gasteiger partial charge on any atom is -0.334 e. The van der Waals surface area contributed by atoms with E-state index in [0.29, 0.717) is 0 Å². The van der Waals surface area contributed by atoms with Gasteiger partial charge in [-0.05, 0) is 239 Å². The van der Waals surface area contributed by atoms with Gasteiger partial charge < -0.3 is 24.2 Å². The highest BCUT2D eigenvalue weighted by atomic mass is 15.3. The number of anilines is 11. The third-order valence-electron chi connectivity index (χ3n) is 23.1. The molecule has 2 unspecified atom stereocenters. The second-order valence-corrected chi connectivity index (χ2v) is 33.8. The summed E-state index contributed by atoms with van der Waals surface area (Å²) < 4.78 is 2.47. The van der Waals surface area contributed by atoms with Crippen LogP contribution in [0.5, 0.6) is 0 Å². The van der Waals surface area contributed by atoms with E-state index in [2.05, 4.69) is 345 Å². The van der Waals surface area contributed by atoms with Gasteiger partial charge in [-0.25, -0.2) is 0 Å². The summed E-state index contributed by atoms with van der Waals surface area (Å²) in [6.45, 7) is 47.7. The molecule has 0 spiro atoms. The molecule has 1 aliphatic carbocycles. The predicted molar refractivity (Wildman–Crippen MR) is 416 cm³/mol. The summed E-state index contributed by atoms with van der Waals surface area (Å²) in [5, 5.41) is 2.48. The van der Waals surface area contributed by atoms with E-state index in [-0.39, 0.29) is 39.3 Å². The first kappa shape index (κ1) is 63.3. The van der Waals surface area contributed by atoms with Gasteiger partial charge in [0.25, 0.3) is 6.71 Å². The molecule has 96 heavy (non-hydrogen) atoms. The van der Waals surface area contributed by atoms with Crippen molar-refractivity contribution in [1.29, 1.82) is 0 Å². The van der Waals surface area contributed by atoms with Crippen LogP contribution in [0, 0.1) is 41.5 Å². The van der Waals surface area contributed by atoms with E-state index < -0.39 is 0 Å². The standard InChI is InChI=1S/C90H98BN5/c1-55-43-61(85(7,8)9)44-56(2)82(55)92(67-37-39-70-69-35-27-28-36-74(69)93(75(70)51-67)65-31-23-21-24-32-65)68-38-40-72-77(52-68)94(83-57(3)45-62(46-58(83)4)86(10,11)12)79-49-64(88(16,17)18)50-80-81(79)91(72)73-54-76-71(53-78(73)95(80)84-59(5)47-63(48-60(84)6)87(13,14)15)89(19)41-29-30-42-90(89,20)96(76)66-33-25-22-26-34-66/h21-28,31-40,43-54H,29-30,41-42H2,1-20H3. The van der Waals surface area contributed by atoms with Crippen molar-refractivity contribution in [3.63, 3.8) is 0 Å². The average molecular weight is 1260 g/mol. The largest absolute Gasteiger partial charge is 0.334 e. The summed E-state index contributed by atoms with van der Waals surface area (Å²) in [5.41, 5.74) is 35.0. The first-order valence-electron chi connectivity index (χ1n) is 35.6. The van der Waals surface area contributed by atoms with Crippen molar-refractivity contribution in [2.75, 3.05) is 19.6 Å². The minimum atomic E-state index is -0.210. The van der Waals surface area contributed by atoms with E-state index in [9.17, 15) is 0 Å². The van der Waals surface area contributed by atoms with Gasteiger partial charge in [0.15, 0.2) is 0 Å². The van der Waals surface area contributed by atoms with Crippen LogP contribution in [-0.4, -0.2) is 16.8 Å². The third-order valence-corrected chi connectivity index (χ3v) is 23.1. The van der Waals surface area contributed by atoms with Crippen LogP contribution in [0.1, 0.15) is 184 Å². The molecular formula is C90H98BN5. The van der Waals surface area contributed by atoms with Gasteiger partial charge in [-0.3, -0.25) is 0 Å². The zero-order valence-corrected chi connectivity index (χ0v) is 61.0. The Kier molecular flexibility index (Phi) is 14.4. The number of aromatic nitrogens is 1. The van der Waals surface area contributed by atoms with Gasteiger partial charge in [-0.2, -0.15) is 0 Å². The molecule has 0 amide bonds. The number of fused-ring (bicyclic) bond motifs is 10. The lowest BCUT2D eigenvalue weighted by molar-refractivity contribution is 0.195. The zero-order chi connectivity index (χ0) is 67.8. The summed E-state index contributed by atoms with van der Waals surface area (Å²) in [6.07, 6.45) is 4.69. The summed E-state index contributed by atoms with van der Waals surface area (Å²) in [5.74, 6) is 0. The van der Waals surface area contributed by atoms with E-state index in [1.165, 1.54) is 163 Å². The van der Waals surface area contributed by atoms with Gasteiger partial charge in [-0.15, -0.1) is 0 Å². The van der Waals surface area contributed by atoms with E-state index in [0.717, 1.165) is 29.9 Å². The number of aryl methyl sites for hydroxylation is 6. The predicted octanol–water partition coefficient (Wildman–Crippen LogP) is 23.1. The van der Waals surface area contributed by atoms with Crippen LogP contribution in [0.25, 0.3) is 27.5 Å². The molecule has 4 heterocycles. The van der Waals surface area contributed by atoms with Gasteiger partial charge in [0.05, 0.1) is 33.6 Å². The van der Waals surface area contributed by atoms with Crippen LogP contribution in [-0.2, 0) is 27.1 Å². The number of para-hydroxylation sites is 3. The Labute approximate surface area is 573 Å². The molecule has 3 aliphatic heterocycles. The average Bonchev–Trinajstić information content (AvgIpc) is 0.853. The van der Waals surface area contributed by atoms with Crippen molar-refractivity contribution in [3.8, 4) is 5.69 Å². The van der Waals surface area contributed by atoms with Gasteiger partial charge in [0.2, 0.25) is 0 Å². The van der Waals surface area contributed by atoms with Crippen molar-refractivity contribution in [1.82, 2.24) is 4.57 Å². The van der Waals surface area contributed by atoms with E-state index in [4.69, 9.17) is 0 Å². The highest BCUT2D eigenvalue weighted by molar-refractivity contribution is 7.00. The van der Waals surface area contributed by atoms with Crippen LogP contribution in [0.15, 0.2) is 182 Å². The molecule has 0 radical (unpaired) electrons. The molecule has 4 aliphatic rings.